The van der Waals surface area contributed by atoms with Gasteiger partial charge in [0.05, 0.1) is 18.0 Å². The van der Waals surface area contributed by atoms with Crippen LogP contribution in [0, 0.1) is 5.41 Å². The van der Waals surface area contributed by atoms with Crippen LogP contribution in [0.1, 0.15) is 18.2 Å². The number of anilines is 2. The smallest absolute Gasteiger partial charge is 0.132 e. The molecule has 8 heteroatoms. The van der Waals surface area contributed by atoms with Gasteiger partial charge >= 0.3 is 0 Å². The molecule has 3 N–H and O–H groups in total. The van der Waals surface area contributed by atoms with Crippen molar-refractivity contribution in [3.8, 4) is 5.75 Å². The second kappa shape index (κ2) is 8.99. The molecular formula is C20H28N6O2. The van der Waals surface area contributed by atoms with E-state index in [9.17, 15) is 0 Å². The van der Waals surface area contributed by atoms with Crippen molar-refractivity contribution < 1.29 is 9.47 Å². The molecule has 0 radical (unpaired) electrons. The molecule has 2 heterocycles. The number of nitrogens with one attached hydrogen (secondary N) is 1. The van der Waals surface area contributed by atoms with E-state index in [1.165, 1.54) is 6.33 Å². The first-order chi connectivity index (χ1) is 13.5. The average molecular weight is 384 g/mol. The maximum absolute atomic E-state index is 8.64. The Morgan fingerprint density at radius 1 is 1.21 bits per heavy atom. The molecule has 3 rings (SSSR count). The highest BCUT2D eigenvalue weighted by Crippen LogP contribution is 2.24. The number of nitrogens with two attached hydrogens (primary N) is 1. The third-order valence-corrected chi connectivity index (χ3v) is 4.77. The lowest BCUT2D eigenvalue weighted by atomic mass is 10.0. The van der Waals surface area contributed by atoms with Gasteiger partial charge in [0, 0.05) is 50.6 Å². The first kappa shape index (κ1) is 20.0. The van der Waals surface area contributed by atoms with Gasteiger partial charge in [0.25, 0.3) is 0 Å². The third-order valence-electron chi connectivity index (χ3n) is 4.77. The second-order valence-corrected chi connectivity index (χ2v) is 7.06. The lowest BCUT2D eigenvalue weighted by molar-refractivity contribution is 0.0921. The number of aromatic nitrogens is 2. The first-order valence-corrected chi connectivity index (χ1v) is 9.38. The van der Waals surface area contributed by atoms with E-state index in [0.717, 1.165) is 32.0 Å². The Balaban J connectivity index is 1.81. The molecule has 1 aliphatic heterocycles. The zero-order chi connectivity index (χ0) is 20.1. The Morgan fingerprint density at radius 3 is 2.68 bits per heavy atom. The minimum absolute atomic E-state index is 0.0986. The quantitative estimate of drug-likeness (QED) is 0.553. The first-order valence-electron chi connectivity index (χ1n) is 9.38. The van der Waals surface area contributed by atoms with Gasteiger partial charge < -0.3 is 25.0 Å². The van der Waals surface area contributed by atoms with E-state index in [-0.39, 0.29) is 11.8 Å². The number of piperazine rings is 1. The number of nitrogens with zero attached hydrogens (tertiary/aromatic N) is 4. The van der Waals surface area contributed by atoms with Crippen molar-refractivity contribution in [1.82, 2.24) is 14.9 Å². The maximum Gasteiger partial charge on any atom is 0.132 e. The summed E-state index contributed by atoms with van der Waals surface area (Å²) in [5.41, 5.74) is 8.02. The van der Waals surface area contributed by atoms with Crippen molar-refractivity contribution in [2.75, 3.05) is 57.6 Å². The molecule has 150 valence electrons. The number of rotatable bonds is 7. The molecule has 1 saturated heterocycles. The number of hydrogen-bond donors (Lipinski definition) is 2. The number of hydrogen-bond acceptors (Lipinski definition) is 8. The Bertz CT molecular complexity index is 820. The highest BCUT2D eigenvalue weighted by molar-refractivity contribution is 6.13. The molecule has 8 nitrogen and oxygen atoms in total. The standard InChI is InChI=1S/C20H28N6O2/c1-14(12-27-3)28-15-4-5-17(21)16(10-15)20(22)18-11-19(24-13-23-18)26-8-6-25(2)7-9-26/h4-5,10-11,13-14,22H,6-9,12,21H2,1-3H3/t14-/m0/s1. The topological polar surface area (TPSA) is 101 Å². The summed E-state index contributed by atoms with van der Waals surface area (Å²) in [7, 11) is 3.75. The molecule has 28 heavy (non-hydrogen) atoms. The summed E-state index contributed by atoms with van der Waals surface area (Å²) in [4.78, 5) is 13.2. The van der Waals surface area contributed by atoms with Crippen LogP contribution < -0.4 is 15.4 Å². The van der Waals surface area contributed by atoms with Crippen LogP contribution in [0.3, 0.4) is 0 Å². The normalized spacial score (nSPS) is 16.0. The van der Waals surface area contributed by atoms with Crippen molar-refractivity contribution in [3.63, 3.8) is 0 Å². The average Bonchev–Trinajstić information content (AvgIpc) is 2.70. The largest absolute Gasteiger partial charge is 0.488 e. The van der Waals surface area contributed by atoms with Crippen LogP contribution >= 0.6 is 0 Å². The molecule has 1 aromatic carbocycles. The van der Waals surface area contributed by atoms with Gasteiger partial charge in [-0.2, -0.15) is 0 Å². The van der Waals surface area contributed by atoms with Crippen LogP contribution in [0.5, 0.6) is 5.75 Å². The highest BCUT2D eigenvalue weighted by Gasteiger charge is 2.18. The van der Waals surface area contributed by atoms with E-state index in [1.807, 2.05) is 13.0 Å². The zero-order valence-corrected chi connectivity index (χ0v) is 16.7. The van der Waals surface area contributed by atoms with E-state index in [4.69, 9.17) is 20.6 Å². The van der Waals surface area contributed by atoms with Gasteiger partial charge in [-0.05, 0) is 32.2 Å². The SMILES string of the molecule is COC[C@H](C)Oc1ccc(N)c(C(=N)c2cc(N3CCN(C)CC3)ncn2)c1. The van der Waals surface area contributed by atoms with Crippen LogP contribution in [0.15, 0.2) is 30.6 Å². The molecule has 1 aliphatic rings. The molecule has 0 aliphatic carbocycles. The van der Waals surface area contributed by atoms with Gasteiger partial charge in [-0.3, -0.25) is 5.41 Å². The Kier molecular flexibility index (Phi) is 6.43. The van der Waals surface area contributed by atoms with Crippen LogP contribution in [-0.2, 0) is 4.74 Å². The lowest BCUT2D eigenvalue weighted by Gasteiger charge is -2.33. The fourth-order valence-corrected chi connectivity index (χ4v) is 3.16. The predicted octanol–water partition coefficient (Wildman–Crippen LogP) is 1.64. The van der Waals surface area contributed by atoms with E-state index in [0.29, 0.717) is 29.3 Å². The molecule has 0 bridgehead atoms. The van der Waals surface area contributed by atoms with E-state index < -0.39 is 0 Å². The van der Waals surface area contributed by atoms with E-state index in [2.05, 4.69) is 26.8 Å². The van der Waals surface area contributed by atoms with Crippen LogP contribution in [0.25, 0.3) is 0 Å². The minimum Gasteiger partial charge on any atom is -0.488 e. The van der Waals surface area contributed by atoms with Gasteiger partial charge in [-0.1, -0.05) is 0 Å². The van der Waals surface area contributed by atoms with Crippen LogP contribution in [0.4, 0.5) is 11.5 Å². The molecule has 1 fully saturated rings. The summed E-state index contributed by atoms with van der Waals surface area (Å²) in [5, 5.41) is 8.64. The maximum atomic E-state index is 8.64. The van der Waals surface area contributed by atoms with Crippen molar-refractivity contribution in [2.45, 2.75) is 13.0 Å². The number of nitrogen functional groups attached to an aromatic ring is 1. The number of benzene rings is 1. The fourth-order valence-electron chi connectivity index (χ4n) is 3.16. The summed E-state index contributed by atoms with van der Waals surface area (Å²) >= 11 is 0. The number of likely N-dealkylation sites (N-methyl/N-ethyl adjacent to an activating group) is 1. The van der Waals surface area contributed by atoms with Crippen LogP contribution in [0.2, 0.25) is 0 Å². The van der Waals surface area contributed by atoms with Crippen molar-refractivity contribution in [3.05, 3.63) is 41.9 Å². The van der Waals surface area contributed by atoms with Gasteiger partial charge in [0.1, 0.15) is 24.0 Å². The highest BCUT2D eigenvalue weighted by atomic mass is 16.5. The fraction of sp³-hybridized carbons (Fsp3) is 0.450. The molecule has 0 unspecified atom stereocenters. The number of methoxy groups -OCH3 is 1. The van der Waals surface area contributed by atoms with Crippen LogP contribution in [-0.4, -0.2) is 73.6 Å². The summed E-state index contributed by atoms with van der Waals surface area (Å²) in [6.07, 6.45) is 1.41. The minimum atomic E-state index is -0.0986. The summed E-state index contributed by atoms with van der Waals surface area (Å²) < 4.78 is 10.9. The van der Waals surface area contributed by atoms with Gasteiger partial charge in [-0.15, -0.1) is 0 Å². The Hall–Kier alpha value is -2.71. The lowest BCUT2D eigenvalue weighted by Crippen LogP contribution is -2.44. The monoisotopic (exact) mass is 384 g/mol. The van der Waals surface area contributed by atoms with Gasteiger partial charge in [-0.25, -0.2) is 9.97 Å². The van der Waals surface area contributed by atoms with Gasteiger partial charge in [0.15, 0.2) is 0 Å². The second-order valence-electron chi connectivity index (χ2n) is 7.06. The summed E-state index contributed by atoms with van der Waals surface area (Å²) in [6, 6.07) is 7.19. The molecule has 2 aromatic rings. The summed E-state index contributed by atoms with van der Waals surface area (Å²) in [5.74, 6) is 1.48. The molecule has 1 aromatic heterocycles. The molecule has 0 amide bonds. The Labute approximate surface area is 165 Å². The number of ether oxygens (including phenoxy) is 2. The molecule has 0 saturated carbocycles. The summed E-state index contributed by atoms with van der Waals surface area (Å²) in [6.45, 7) is 6.20. The van der Waals surface area contributed by atoms with Gasteiger partial charge in [0.2, 0.25) is 0 Å². The molecular weight excluding hydrogens is 356 g/mol. The van der Waals surface area contributed by atoms with Crippen molar-refractivity contribution >= 4 is 17.2 Å². The third kappa shape index (κ3) is 4.76. The Morgan fingerprint density at radius 2 is 1.96 bits per heavy atom. The van der Waals surface area contributed by atoms with E-state index in [1.54, 1.807) is 25.3 Å². The van der Waals surface area contributed by atoms with Crippen molar-refractivity contribution in [2.24, 2.45) is 0 Å². The molecule has 0 spiro atoms. The van der Waals surface area contributed by atoms with E-state index >= 15 is 0 Å². The molecule has 1 atom stereocenters. The van der Waals surface area contributed by atoms with Crippen molar-refractivity contribution in [1.29, 1.82) is 5.41 Å². The predicted molar refractivity (Wildman–Crippen MR) is 110 cm³/mol. The zero-order valence-electron chi connectivity index (χ0n) is 16.7.